The first-order valence-electron chi connectivity index (χ1n) is 5.87. The molecule has 0 atom stereocenters. The molecule has 0 aromatic heterocycles. The first-order valence-corrected chi connectivity index (χ1v) is 6.67. The van der Waals surface area contributed by atoms with E-state index in [1.165, 1.54) is 0 Å². The third kappa shape index (κ3) is 3.43. The van der Waals surface area contributed by atoms with Gasteiger partial charge in [0.05, 0.1) is 12.2 Å². The van der Waals surface area contributed by atoms with E-state index in [0.29, 0.717) is 11.3 Å². The van der Waals surface area contributed by atoms with Crippen molar-refractivity contribution in [2.45, 2.75) is 13.5 Å². The van der Waals surface area contributed by atoms with Crippen LogP contribution in [0.2, 0.25) is 0 Å². The van der Waals surface area contributed by atoms with Crippen LogP contribution in [0, 0.1) is 6.92 Å². The summed E-state index contributed by atoms with van der Waals surface area (Å²) in [5.74, 6) is -0.175. The predicted octanol–water partition coefficient (Wildman–Crippen LogP) is 3.50. The van der Waals surface area contributed by atoms with E-state index in [0.717, 1.165) is 15.6 Å². The molecule has 3 nitrogen and oxygen atoms in total. The molecule has 2 aromatic carbocycles. The van der Waals surface area contributed by atoms with Gasteiger partial charge in [0.25, 0.3) is 5.91 Å². The van der Waals surface area contributed by atoms with E-state index in [1.54, 1.807) is 24.3 Å². The lowest BCUT2D eigenvalue weighted by atomic mass is 10.1. The second-order valence-corrected chi connectivity index (χ2v) is 5.15. The Labute approximate surface area is 120 Å². The molecule has 0 radical (unpaired) electrons. The number of aliphatic hydroxyl groups is 1. The molecule has 0 aliphatic rings. The monoisotopic (exact) mass is 319 g/mol. The van der Waals surface area contributed by atoms with Crippen molar-refractivity contribution in [3.05, 3.63) is 63.6 Å². The third-order valence-corrected chi connectivity index (χ3v) is 3.43. The molecule has 0 aliphatic carbocycles. The molecular weight excluding hydrogens is 306 g/mol. The molecule has 0 bridgehead atoms. The van der Waals surface area contributed by atoms with Gasteiger partial charge in [0, 0.05) is 10.2 Å². The van der Waals surface area contributed by atoms with Crippen molar-refractivity contribution in [3.63, 3.8) is 0 Å². The second kappa shape index (κ2) is 5.99. The molecule has 2 rings (SSSR count). The number of halogens is 1. The van der Waals surface area contributed by atoms with Crippen LogP contribution >= 0.6 is 15.9 Å². The number of aryl methyl sites for hydroxylation is 1. The molecule has 0 unspecified atom stereocenters. The zero-order chi connectivity index (χ0) is 13.8. The van der Waals surface area contributed by atoms with Gasteiger partial charge in [-0.1, -0.05) is 23.8 Å². The minimum absolute atomic E-state index is 0.0438. The maximum atomic E-state index is 12.2. The summed E-state index contributed by atoms with van der Waals surface area (Å²) in [6, 6.07) is 12.8. The van der Waals surface area contributed by atoms with Crippen LogP contribution in [0.5, 0.6) is 0 Å². The minimum atomic E-state index is -0.175. The molecule has 0 spiro atoms. The number of benzene rings is 2. The molecule has 19 heavy (non-hydrogen) atoms. The van der Waals surface area contributed by atoms with Crippen molar-refractivity contribution in [2.24, 2.45) is 0 Å². The van der Waals surface area contributed by atoms with Crippen LogP contribution in [-0.2, 0) is 6.61 Å². The number of anilines is 1. The van der Waals surface area contributed by atoms with Gasteiger partial charge in [-0.2, -0.15) is 0 Å². The highest BCUT2D eigenvalue weighted by Crippen LogP contribution is 2.20. The van der Waals surface area contributed by atoms with E-state index in [4.69, 9.17) is 5.11 Å². The van der Waals surface area contributed by atoms with Gasteiger partial charge in [0.2, 0.25) is 0 Å². The Balaban J connectivity index is 2.23. The maximum Gasteiger partial charge on any atom is 0.256 e. The molecule has 1 amide bonds. The van der Waals surface area contributed by atoms with Gasteiger partial charge in [-0.05, 0) is 52.7 Å². The fourth-order valence-electron chi connectivity index (χ4n) is 1.76. The minimum Gasteiger partial charge on any atom is -0.392 e. The van der Waals surface area contributed by atoms with E-state index in [1.807, 2.05) is 25.1 Å². The summed E-state index contributed by atoms with van der Waals surface area (Å²) in [6.45, 7) is 1.90. The molecule has 98 valence electrons. The van der Waals surface area contributed by atoms with Crippen molar-refractivity contribution >= 4 is 27.5 Å². The first-order chi connectivity index (χ1) is 9.10. The topological polar surface area (TPSA) is 49.3 Å². The van der Waals surface area contributed by atoms with Crippen molar-refractivity contribution < 1.29 is 9.90 Å². The van der Waals surface area contributed by atoms with Crippen LogP contribution in [0.4, 0.5) is 5.69 Å². The van der Waals surface area contributed by atoms with E-state index in [2.05, 4.69) is 21.2 Å². The van der Waals surface area contributed by atoms with Gasteiger partial charge in [0.15, 0.2) is 0 Å². The molecule has 4 heteroatoms. The van der Waals surface area contributed by atoms with Crippen molar-refractivity contribution in [2.75, 3.05) is 5.32 Å². The quantitative estimate of drug-likeness (QED) is 0.909. The zero-order valence-electron chi connectivity index (χ0n) is 10.5. The fraction of sp³-hybridized carbons (Fsp3) is 0.133. The largest absolute Gasteiger partial charge is 0.392 e. The Morgan fingerprint density at radius 2 is 2.05 bits per heavy atom. The Bertz CT molecular complexity index is 611. The van der Waals surface area contributed by atoms with E-state index >= 15 is 0 Å². The van der Waals surface area contributed by atoms with Crippen LogP contribution in [0.3, 0.4) is 0 Å². The summed E-state index contributed by atoms with van der Waals surface area (Å²) in [7, 11) is 0. The van der Waals surface area contributed by atoms with Crippen molar-refractivity contribution in [1.29, 1.82) is 0 Å². The summed E-state index contributed by atoms with van der Waals surface area (Å²) in [4.78, 5) is 12.2. The predicted molar refractivity (Wildman–Crippen MR) is 79.2 cm³/mol. The normalized spacial score (nSPS) is 10.3. The SMILES string of the molecule is Cc1ccc(Br)c(C(=O)Nc2cccc(CO)c2)c1. The summed E-state index contributed by atoms with van der Waals surface area (Å²) in [5.41, 5.74) is 3.05. The van der Waals surface area contributed by atoms with Gasteiger partial charge in [0.1, 0.15) is 0 Å². The zero-order valence-corrected chi connectivity index (χ0v) is 12.1. The second-order valence-electron chi connectivity index (χ2n) is 4.30. The lowest BCUT2D eigenvalue weighted by molar-refractivity contribution is 0.102. The first kappa shape index (κ1) is 13.8. The third-order valence-electron chi connectivity index (χ3n) is 2.73. The smallest absolute Gasteiger partial charge is 0.256 e. The van der Waals surface area contributed by atoms with Gasteiger partial charge in [-0.15, -0.1) is 0 Å². The highest BCUT2D eigenvalue weighted by Gasteiger charge is 2.10. The van der Waals surface area contributed by atoms with Gasteiger partial charge in [-0.3, -0.25) is 4.79 Å². The molecule has 0 aliphatic heterocycles. The van der Waals surface area contributed by atoms with Gasteiger partial charge in [-0.25, -0.2) is 0 Å². The number of amides is 1. The molecule has 2 aromatic rings. The van der Waals surface area contributed by atoms with Crippen LogP contribution in [0.15, 0.2) is 46.9 Å². The summed E-state index contributed by atoms with van der Waals surface area (Å²) < 4.78 is 0.758. The molecular formula is C15H14BrNO2. The molecule has 0 saturated carbocycles. The van der Waals surface area contributed by atoms with Crippen LogP contribution in [0.1, 0.15) is 21.5 Å². The standard InChI is InChI=1S/C15H14BrNO2/c1-10-5-6-14(16)13(7-10)15(19)17-12-4-2-3-11(8-12)9-18/h2-8,18H,9H2,1H3,(H,17,19). The average molecular weight is 320 g/mol. The van der Waals surface area contributed by atoms with Crippen LogP contribution in [0.25, 0.3) is 0 Å². The fourth-order valence-corrected chi connectivity index (χ4v) is 2.19. The highest BCUT2D eigenvalue weighted by atomic mass is 79.9. The van der Waals surface area contributed by atoms with E-state index < -0.39 is 0 Å². The van der Waals surface area contributed by atoms with Crippen molar-refractivity contribution in [1.82, 2.24) is 0 Å². The van der Waals surface area contributed by atoms with Gasteiger partial charge >= 0.3 is 0 Å². The molecule has 0 fully saturated rings. The lowest BCUT2D eigenvalue weighted by Crippen LogP contribution is -2.13. The number of hydrogen-bond acceptors (Lipinski definition) is 2. The molecule has 0 heterocycles. The summed E-state index contributed by atoms with van der Waals surface area (Å²) in [6.07, 6.45) is 0. The number of nitrogens with one attached hydrogen (secondary N) is 1. The Hall–Kier alpha value is -1.65. The number of carbonyl (C=O) groups is 1. The molecule has 0 saturated heterocycles. The van der Waals surface area contributed by atoms with Crippen LogP contribution in [-0.4, -0.2) is 11.0 Å². The van der Waals surface area contributed by atoms with E-state index in [9.17, 15) is 4.79 Å². The maximum absolute atomic E-state index is 12.2. The summed E-state index contributed by atoms with van der Waals surface area (Å²) in [5, 5.41) is 11.9. The number of aliphatic hydroxyl groups excluding tert-OH is 1. The highest BCUT2D eigenvalue weighted by molar-refractivity contribution is 9.10. The Morgan fingerprint density at radius 1 is 1.26 bits per heavy atom. The average Bonchev–Trinajstić information content (AvgIpc) is 2.41. The van der Waals surface area contributed by atoms with Gasteiger partial charge < -0.3 is 10.4 Å². The summed E-state index contributed by atoms with van der Waals surface area (Å²) >= 11 is 3.37. The van der Waals surface area contributed by atoms with E-state index in [-0.39, 0.29) is 12.5 Å². The Kier molecular flexibility index (Phi) is 4.35. The lowest BCUT2D eigenvalue weighted by Gasteiger charge is -2.08. The van der Waals surface area contributed by atoms with Crippen molar-refractivity contribution in [3.8, 4) is 0 Å². The van der Waals surface area contributed by atoms with Crippen LogP contribution < -0.4 is 5.32 Å². The number of hydrogen-bond donors (Lipinski definition) is 2. The number of rotatable bonds is 3. The Morgan fingerprint density at radius 3 is 2.79 bits per heavy atom. The molecule has 2 N–H and O–H groups in total. The number of carbonyl (C=O) groups excluding carboxylic acids is 1.